The lowest BCUT2D eigenvalue weighted by atomic mass is 9.97. The summed E-state index contributed by atoms with van der Waals surface area (Å²) in [5.41, 5.74) is 2.30. The van der Waals surface area contributed by atoms with Gasteiger partial charge in [0.1, 0.15) is 0 Å². The molecule has 3 fully saturated rings. The molecule has 3 atom stereocenters. The zero-order valence-electron chi connectivity index (χ0n) is 48.9. The fourth-order valence-electron chi connectivity index (χ4n) is 10.3. The van der Waals surface area contributed by atoms with Crippen molar-refractivity contribution in [3.8, 4) is 0 Å². The van der Waals surface area contributed by atoms with E-state index >= 15 is 0 Å². The van der Waals surface area contributed by atoms with E-state index in [9.17, 15) is 63.6 Å². The monoisotopic (exact) mass is 1210 g/mol. The molecule has 3 unspecified atom stereocenters. The predicted molar refractivity (Wildman–Crippen MR) is 317 cm³/mol. The van der Waals surface area contributed by atoms with Crippen LogP contribution in [0.3, 0.4) is 0 Å². The molecule has 3 saturated heterocycles. The number of fused-ring (bicyclic) bond motifs is 1. The second-order valence-electron chi connectivity index (χ2n) is 21.5. The highest BCUT2D eigenvalue weighted by atomic mass is 32.2. The number of unbranched alkanes of at least 4 members (excludes halogenated alkanes) is 1. The van der Waals surface area contributed by atoms with Crippen LogP contribution in [0, 0.1) is 5.92 Å². The third-order valence-corrected chi connectivity index (χ3v) is 16.0. The second-order valence-corrected chi connectivity index (χ2v) is 22.8. The maximum Gasteiger partial charge on any atom is 0.317 e. The number of thioether (sulfide) groups is 1. The molecule has 3 heterocycles. The van der Waals surface area contributed by atoms with Gasteiger partial charge in [0.2, 0.25) is 11.8 Å². The summed E-state index contributed by atoms with van der Waals surface area (Å²) in [4.78, 5) is 119. The lowest BCUT2D eigenvalue weighted by Crippen LogP contribution is -2.47. The highest BCUT2D eigenvalue weighted by Gasteiger charge is 2.42. The molecule has 472 valence electrons. The molecule has 0 saturated carbocycles. The number of nitrogens with zero attached hydrogens (tertiary/aromatic N) is 5. The number of carboxylic acid groups (broad SMARTS) is 4. The van der Waals surface area contributed by atoms with Crippen LogP contribution in [0.5, 0.6) is 0 Å². The number of nitrogens with one attached hydrogen (secondary N) is 6. The zero-order chi connectivity index (χ0) is 61.5. The van der Waals surface area contributed by atoms with Crippen LogP contribution >= 0.6 is 11.8 Å². The van der Waals surface area contributed by atoms with E-state index in [0.717, 1.165) is 30.6 Å². The molecule has 85 heavy (non-hydrogen) atoms. The van der Waals surface area contributed by atoms with Crippen LogP contribution in [0.25, 0.3) is 0 Å². The number of likely N-dealkylation sites (N-methyl/N-ethyl adjacent to an activating group) is 1. The first kappa shape index (κ1) is 69.1. The lowest BCUT2D eigenvalue weighted by Gasteiger charge is -2.34. The van der Waals surface area contributed by atoms with E-state index in [1.54, 1.807) is 70.1 Å². The van der Waals surface area contributed by atoms with Gasteiger partial charge in [-0.15, -0.1) is 0 Å². The molecule has 27 nitrogen and oxygen atoms in total. The van der Waals surface area contributed by atoms with Crippen molar-refractivity contribution < 1.29 is 77.8 Å². The topological polar surface area (TPSA) is 351 Å². The second kappa shape index (κ2) is 37.7. The number of hydrogen-bond donors (Lipinski definition) is 10. The zero-order valence-corrected chi connectivity index (χ0v) is 49.7. The Bertz CT molecular complexity index is 2450. The van der Waals surface area contributed by atoms with E-state index in [0.29, 0.717) is 115 Å². The first-order valence-corrected chi connectivity index (χ1v) is 30.1. The average Bonchev–Trinajstić information content (AvgIpc) is 3.56. The fourth-order valence-corrected chi connectivity index (χ4v) is 11.9. The predicted octanol–water partition coefficient (Wildman–Crippen LogP) is 0.950. The fraction of sp³-hybridized carbons (Fsp3) is 0.632. The van der Waals surface area contributed by atoms with Gasteiger partial charge in [-0.1, -0.05) is 18.6 Å². The molecular formula is C57H87N11O16S. The standard InChI is InChI=1S/C57H87N11O16S/c1-58-45-30-42(55(79)60-15-6-23-83-25-27-84-26-24-82-22-5-14-59-48(69)34-64(2)49(70)9-4-3-8-47-54-46(39-85-47)62-57(81)63-54)29-43(31-45)56(80)61-44-12-10-40(11-13-44)28-41-32-67(37-52(75)76)20-18-65(35-50(71)72)16-7-17-66(36-51(73)74)19-21-68(33-41)38-53(77)78/h10-13,29-31,41,46-47,54,58H,3-9,14-28,32-39H2,1-2H3,(H,59,69)(H,60,79)(H,61,80)(H,71,72)(H,73,74)(H,75,76)(H,77,78)(H2,62,63,81). The van der Waals surface area contributed by atoms with E-state index in [-0.39, 0.29) is 125 Å². The van der Waals surface area contributed by atoms with Gasteiger partial charge in [0.25, 0.3) is 11.8 Å². The van der Waals surface area contributed by atoms with Crippen LogP contribution in [0.15, 0.2) is 42.5 Å². The van der Waals surface area contributed by atoms with Gasteiger partial charge in [0.15, 0.2) is 0 Å². The number of rotatable bonds is 35. The highest BCUT2D eigenvalue weighted by Crippen LogP contribution is 2.33. The summed E-state index contributed by atoms with van der Waals surface area (Å²) in [6.45, 7) is 3.78. The van der Waals surface area contributed by atoms with Crippen molar-refractivity contribution in [3.05, 3.63) is 59.2 Å². The van der Waals surface area contributed by atoms with Crippen LogP contribution in [0.4, 0.5) is 16.2 Å². The molecule has 2 aromatic rings. The molecule has 0 bridgehead atoms. The molecule has 28 heteroatoms. The Morgan fingerprint density at radius 1 is 0.635 bits per heavy atom. The number of benzene rings is 2. The Hall–Kier alpha value is -6.66. The molecular weight excluding hydrogens is 1130 g/mol. The molecule has 0 aliphatic carbocycles. The van der Waals surface area contributed by atoms with E-state index < -0.39 is 29.8 Å². The summed E-state index contributed by atoms with van der Waals surface area (Å²) in [6.07, 6.45) is 4.86. The minimum absolute atomic E-state index is 0.0124. The molecule has 0 spiro atoms. The van der Waals surface area contributed by atoms with Gasteiger partial charge in [0, 0.05) is 133 Å². The van der Waals surface area contributed by atoms with Crippen molar-refractivity contribution >= 4 is 76.7 Å². The SMILES string of the molecule is CNc1cc(C(=O)NCCCOCCOCCOCCCNC(=O)CN(C)C(=O)CCCCC2SCC3NC(=O)NC32)cc(C(=O)Nc2ccc(CC3CN(CC(=O)O)CCN(CC(=O)O)CCCN(CC(=O)O)CCN(CC(=O)O)C3)cc2)c1. The van der Waals surface area contributed by atoms with Crippen molar-refractivity contribution in [2.75, 3.05) is 168 Å². The number of urea groups is 1. The third kappa shape index (κ3) is 27.1. The van der Waals surface area contributed by atoms with Crippen molar-refractivity contribution in [1.82, 2.24) is 45.8 Å². The Morgan fingerprint density at radius 3 is 1.73 bits per heavy atom. The third-order valence-electron chi connectivity index (χ3n) is 14.5. The summed E-state index contributed by atoms with van der Waals surface area (Å²) in [7, 11) is 3.30. The van der Waals surface area contributed by atoms with Crippen molar-refractivity contribution in [2.24, 2.45) is 5.92 Å². The molecule has 0 aromatic heterocycles. The van der Waals surface area contributed by atoms with Gasteiger partial charge in [-0.2, -0.15) is 11.8 Å². The first-order chi connectivity index (χ1) is 40.8. The van der Waals surface area contributed by atoms with E-state index in [4.69, 9.17) is 14.2 Å². The quantitative estimate of drug-likeness (QED) is 0.0339. The van der Waals surface area contributed by atoms with Gasteiger partial charge < -0.3 is 71.4 Å². The van der Waals surface area contributed by atoms with Crippen LogP contribution in [0.2, 0.25) is 0 Å². The summed E-state index contributed by atoms with van der Waals surface area (Å²) < 4.78 is 16.8. The smallest absolute Gasteiger partial charge is 0.317 e. The van der Waals surface area contributed by atoms with Gasteiger partial charge in [-0.3, -0.25) is 58.0 Å². The maximum absolute atomic E-state index is 13.6. The van der Waals surface area contributed by atoms with E-state index in [1.165, 1.54) is 11.0 Å². The van der Waals surface area contributed by atoms with Crippen LogP contribution in [0.1, 0.15) is 71.2 Å². The van der Waals surface area contributed by atoms with Crippen molar-refractivity contribution in [1.29, 1.82) is 0 Å². The normalized spacial score (nSPS) is 18.5. The molecule has 10 N–H and O–H groups in total. The Kier molecular flexibility index (Phi) is 30.7. The highest BCUT2D eigenvalue weighted by molar-refractivity contribution is 8.00. The van der Waals surface area contributed by atoms with Crippen LogP contribution in [-0.4, -0.2) is 273 Å². The van der Waals surface area contributed by atoms with Crippen LogP contribution in [-0.2, 0) is 49.4 Å². The van der Waals surface area contributed by atoms with E-state index in [1.807, 2.05) is 11.8 Å². The first-order valence-electron chi connectivity index (χ1n) is 29.0. The number of anilines is 2. The number of carboxylic acids is 4. The molecule has 0 radical (unpaired) electrons. The molecule has 2 aromatic carbocycles. The molecule has 6 amide bonds. The molecule has 5 rings (SSSR count). The summed E-state index contributed by atoms with van der Waals surface area (Å²) in [5.74, 6) is -4.83. The largest absolute Gasteiger partial charge is 0.480 e. The lowest BCUT2D eigenvalue weighted by molar-refractivity contribution is -0.141. The van der Waals surface area contributed by atoms with Crippen molar-refractivity contribution in [3.63, 3.8) is 0 Å². The Morgan fingerprint density at radius 2 is 1.16 bits per heavy atom. The molecule has 3 aliphatic heterocycles. The summed E-state index contributed by atoms with van der Waals surface area (Å²) in [5, 5.41) is 56.7. The number of hydrogen-bond acceptors (Lipinski definition) is 18. The number of aliphatic carboxylic acids is 4. The van der Waals surface area contributed by atoms with E-state index in [2.05, 4.69) is 31.9 Å². The Labute approximate surface area is 500 Å². The van der Waals surface area contributed by atoms with Crippen molar-refractivity contribution in [2.45, 2.75) is 68.7 Å². The Balaban J connectivity index is 0.971. The average molecular weight is 1210 g/mol. The number of carbonyl (C=O) groups is 9. The van der Waals surface area contributed by atoms with Crippen LogP contribution < -0.4 is 31.9 Å². The summed E-state index contributed by atoms with van der Waals surface area (Å²) in [6, 6.07) is 12.0. The molecule has 3 aliphatic rings. The minimum atomic E-state index is -1.07. The number of carbonyl (C=O) groups excluding carboxylic acids is 5. The summed E-state index contributed by atoms with van der Waals surface area (Å²) >= 11 is 1.85. The van der Waals surface area contributed by atoms with Gasteiger partial charge in [0.05, 0.1) is 71.2 Å². The number of amides is 6. The van der Waals surface area contributed by atoms with Gasteiger partial charge in [-0.05, 0) is 80.3 Å². The van der Waals surface area contributed by atoms with Gasteiger partial charge in [-0.25, -0.2) is 4.79 Å². The van der Waals surface area contributed by atoms with Gasteiger partial charge >= 0.3 is 29.9 Å². The number of ether oxygens (including phenoxy) is 3. The maximum atomic E-state index is 13.6. The minimum Gasteiger partial charge on any atom is -0.480 e.